The van der Waals surface area contributed by atoms with Crippen LogP contribution in [0.3, 0.4) is 0 Å². The maximum absolute atomic E-state index is 9.96. The van der Waals surface area contributed by atoms with Crippen molar-refractivity contribution in [2.75, 3.05) is 19.8 Å². The van der Waals surface area contributed by atoms with Gasteiger partial charge in [0.05, 0.1) is 13.2 Å². The molecule has 0 unspecified atom stereocenters. The third-order valence-electron chi connectivity index (χ3n) is 5.91. The second kappa shape index (κ2) is 19.2. The van der Waals surface area contributed by atoms with E-state index in [-0.39, 0.29) is 13.2 Å². The van der Waals surface area contributed by atoms with Gasteiger partial charge in [-0.15, -0.1) is 0 Å². The van der Waals surface area contributed by atoms with Crippen LogP contribution in [-0.4, -0.2) is 59.6 Å². The van der Waals surface area contributed by atoms with Crippen LogP contribution >= 0.6 is 0 Å². The number of aliphatic hydroxyl groups excluding tert-OH is 3. The smallest absolute Gasteiger partial charge is 0.114 e. The highest BCUT2D eigenvalue weighted by atomic mass is 16.5. The van der Waals surface area contributed by atoms with Crippen molar-refractivity contribution in [3.05, 3.63) is 12.2 Å². The number of rotatable bonds is 20. The molecule has 0 amide bonds. The monoisotopic (exact) mass is 428 g/mol. The molecule has 1 saturated heterocycles. The Morgan fingerprint density at radius 2 is 1.37 bits per heavy atom. The van der Waals surface area contributed by atoms with Crippen LogP contribution < -0.4 is 0 Å². The summed E-state index contributed by atoms with van der Waals surface area (Å²) in [6.07, 6.45) is 20.5. The molecule has 5 heteroatoms. The molecule has 0 aliphatic carbocycles. The lowest BCUT2D eigenvalue weighted by Crippen LogP contribution is -2.40. The highest BCUT2D eigenvalue weighted by molar-refractivity contribution is 4.87. The molecule has 0 spiro atoms. The lowest BCUT2D eigenvalue weighted by atomic mass is 10.1. The average Bonchev–Trinajstić information content (AvgIpc) is 3.08. The highest BCUT2D eigenvalue weighted by Crippen LogP contribution is 2.18. The van der Waals surface area contributed by atoms with E-state index in [1.165, 1.54) is 83.5 Å². The van der Waals surface area contributed by atoms with Gasteiger partial charge >= 0.3 is 0 Å². The van der Waals surface area contributed by atoms with Crippen molar-refractivity contribution in [3.8, 4) is 0 Å². The summed E-state index contributed by atoms with van der Waals surface area (Å²) < 4.78 is 10.7. The van der Waals surface area contributed by atoms with Crippen molar-refractivity contribution in [2.45, 2.75) is 128 Å². The second-order valence-electron chi connectivity index (χ2n) is 8.79. The molecule has 1 heterocycles. The minimum absolute atomic E-state index is 0.0686. The predicted molar refractivity (Wildman–Crippen MR) is 123 cm³/mol. The SMILES string of the molecule is CCCCCC/C=C/CCCCCCCCCCCOC[C@H](O)[C@@H]1OC[C@@H](O)[C@@H]1O. The van der Waals surface area contributed by atoms with Gasteiger partial charge in [0, 0.05) is 6.61 Å². The minimum Gasteiger partial charge on any atom is -0.388 e. The Morgan fingerprint density at radius 3 is 1.90 bits per heavy atom. The van der Waals surface area contributed by atoms with E-state index in [2.05, 4.69) is 19.1 Å². The van der Waals surface area contributed by atoms with Crippen LogP contribution in [0.1, 0.15) is 103 Å². The molecule has 1 fully saturated rings. The first-order valence-electron chi connectivity index (χ1n) is 12.5. The van der Waals surface area contributed by atoms with E-state index in [1.807, 2.05) is 0 Å². The Bertz CT molecular complexity index is 401. The van der Waals surface area contributed by atoms with E-state index in [4.69, 9.17) is 9.47 Å². The molecule has 0 radical (unpaired) electrons. The summed E-state index contributed by atoms with van der Waals surface area (Å²) >= 11 is 0. The van der Waals surface area contributed by atoms with Crippen molar-refractivity contribution in [1.82, 2.24) is 0 Å². The van der Waals surface area contributed by atoms with Gasteiger partial charge in [0.2, 0.25) is 0 Å². The van der Waals surface area contributed by atoms with Crippen LogP contribution in [0.4, 0.5) is 0 Å². The zero-order valence-corrected chi connectivity index (χ0v) is 19.4. The van der Waals surface area contributed by atoms with Gasteiger partial charge < -0.3 is 24.8 Å². The first kappa shape index (κ1) is 27.6. The summed E-state index contributed by atoms with van der Waals surface area (Å²) in [5, 5.41) is 29.1. The summed E-state index contributed by atoms with van der Waals surface area (Å²) in [6.45, 7) is 3.09. The first-order valence-corrected chi connectivity index (χ1v) is 12.5. The number of hydrogen-bond donors (Lipinski definition) is 3. The topological polar surface area (TPSA) is 79.2 Å². The van der Waals surface area contributed by atoms with Gasteiger partial charge in [-0.1, -0.05) is 83.3 Å². The summed E-state index contributed by atoms with van der Waals surface area (Å²) in [7, 11) is 0. The van der Waals surface area contributed by atoms with E-state index in [1.54, 1.807) is 0 Å². The molecule has 1 rings (SSSR count). The number of allylic oxidation sites excluding steroid dienone is 2. The summed E-state index contributed by atoms with van der Waals surface area (Å²) in [5.41, 5.74) is 0. The lowest BCUT2D eigenvalue weighted by Gasteiger charge is -2.20. The van der Waals surface area contributed by atoms with E-state index in [9.17, 15) is 15.3 Å². The summed E-state index contributed by atoms with van der Waals surface area (Å²) in [4.78, 5) is 0. The van der Waals surface area contributed by atoms with Gasteiger partial charge in [-0.2, -0.15) is 0 Å². The van der Waals surface area contributed by atoms with Gasteiger partial charge in [-0.05, 0) is 32.1 Å². The van der Waals surface area contributed by atoms with Crippen LogP contribution in [0.15, 0.2) is 12.2 Å². The van der Waals surface area contributed by atoms with Crippen LogP contribution in [0.5, 0.6) is 0 Å². The Labute approximate surface area is 184 Å². The molecule has 0 aromatic rings. The molecule has 1 aliphatic rings. The molecule has 0 aromatic heterocycles. The van der Waals surface area contributed by atoms with Gasteiger partial charge in [0.15, 0.2) is 0 Å². The van der Waals surface area contributed by atoms with Crippen molar-refractivity contribution in [3.63, 3.8) is 0 Å². The Morgan fingerprint density at radius 1 is 0.833 bits per heavy atom. The van der Waals surface area contributed by atoms with Gasteiger partial charge in [0.25, 0.3) is 0 Å². The average molecular weight is 429 g/mol. The fourth-order valence-corrected chi connectivity index (χ4v) is 3.89. The summed E-state index contributed by atoms with van der Waals surface area (Å²) in [5.74, 6) is 0. The Balaban J connectivity index is 1.76. The second-order valence-corrected chi connectivity index (χ2v) is 8.79. The standard InChI is InChI=1S/C25H48O5/c1-2-3-4-5-6-7-8-9-10-11-12-13-14-15-16-17-18-19-29-20-23(27)25-24(28)22(26)21-30-25/h7-8,22-28H,2-6,9-21H2,1H3/b8-7+/t22-,23+,24+,25+/m1/s1. The molecule has 0 aromatic carbocycles. The molecule has 5 nitrogen and oxygen atoms in total. The quantitative estimate of drug-likeness (QED) is 0.190. The molecule has 0 bridgehead atoms. The largest absolute Gasteiger partial charge is 0.388 e. The zero-order valence-electron chi connectivity index (χ0n) is 19.4. The van der Waals surface area contributed by atoms with Crippen LogP contribution in [0.2, 0.25) is 0 Å². The van der Waals surface area contributed by atoms with Crippen LogP contribution in [0, 0.1) is 0 Å². The Hall–Kier alpha value is -0.460. The van der Waals surface area contributed by atoms with Gasteiger partial charge in [-0.3, -0.25) is 0 Å². The van der Waals surface area contributed by atoms with Crippen LogP contribution in [-0.2, 0) is 9.47 Å². The molecule has 4 atom stereocenters. The molecule has 178 valence electrons. The maximum atomic E-state index is 9.96. The van der Waals surface area contributed by atoms with Crippen molar-refractivity contribution < 1.29 is 24.8 Å². The molecule has 1 aliphatic heterocycles. The third-order valence-corrected chi connectivity index (χ3v) is 5.91. The van der Waals surface area contributed by atoms with E-state index >= 15 is 0 Å². The molecular weight excluding hydrogens is 380 g/mol. The van der Waals surface area contributed by atoms with Crippen molar-refractivity contribution >= 4 is 0 Å². The predicted octanol–water partition coefficient (Wildman–Crippen LogP) is 4.91. The lowest BCUT2D eigenvalue weighted by molar-refractivity contribution is -0.0813. The first-order chi connectivity index (χ1) is 14.7. The van der Waals surface area contributed by atoms with Crippen LogP contribution in [0.25, 0.3) is 0 Å². The van der Waals surface area contributed by atoms with E-state index < -0.39 is 24.4 Å². The molecule has 30 heavy (non-hydrogen) atoms. The number of aliphatic hydroxyl groups is 3. The van der Waals surface area contributed by atoms with E-state index in [0.29, 0.717) is 6.61 Å². The number of unbranched alkanes of at least 4 members (excludes halogenated alkanes) is 13. The number of ether oxygens (including phenoxy) is 2. The van der Waals surface area contributed by atoms with Gasteiger partial charge in [0.1, 0.15) is 24.4 Å². The van der Waals surface area contributed by atoms with Gasteiger partial charge in [-0.25, -0.2) is 0 Å². The molecule has 0 saturated carbocycles. The molecule has 3 N–H and O–H groups in total. The molecular formula is C25H48O5. The van der Waals surface area contributed by atoms with E-state index in [0.717, 1.165) is 12.8 Å². The fraction of sp³-hybridized carbons (Fsp3) is 0.920. The number of hydrogen-bond acceptors (Lipinski definition) is 5. The maximum Gasteiger partial charge on any atom is 0.114 e. The fourth-order valence-electron chi connectivity index (χ4n) is 3.89. The normalized spacial score (nSPS) is 22.9. The van der Waals surface area contributed by atoms with Crippen molar-refractivity contribution in [1.29, 1.82) is 0 Å². The third kappa shape index (κ3) is 13.8. The zero-order chi connectivity index (χ0) is 21.9. The highest BCUT2D eigenvalue weighted by Gasteiger charge is 2.39. The van der Waals surface area contributed by atoms with Crippen molar-refractivity contribution in [2.24, 2.45) is 0 Å². The summed E-state index contributed by atoms with van der Waals surface area (Å²) in [6, 6.07) is 0. The Kier molecular flexibility index (Phi) is 17.7. The minimum atomic E-state index is -1.03.